The van der Waals surface area contributed by atoms with Crippen LogP contribution >= 0.6 is 0 Å². The number of rotatable bonds is 16. The molecule has 7 aromatic rings. The number of aryl methyl sites for hydroxylation is 2. The molecule has 0 aliphatic rings. The smallest absolute Gasteiger partial charge is 0.305 e. The summed E-state index contributed by atoms with van der Waals surface area (Å²) in [6.45, 7) is 9.26. The van der Waals surface area contributed by atoms with Crippen molar-refractivity contribution in [2.24, 2.45) is 0 Å². The molecule has 3 N–H and O–H groups in total. The van der Waals surface area contributed by atoms with Crippen LogP contribution in [-0.4, -0.2) is 40.6 Å². The molecule has 0 fully saturated rings. The molecule has 10 nitrogen and oxygen atoms in total. The van der Waals surface area contributed by atoms with Gasteiger partial charge in [0.2, 0.25) is 0 Å². The zero-order valence-corrected chi connectivity index (χ0v) is 34.2. The standard InChI is InChI=1S/C30H32N2O5.C19H20O3/c1-4-26(31-23-12-10-22(11-13-23)30(35)32(3)17-16-28(33)34)29-20(2)25-18-24(14-15-27(25)37-29)36-19-21-8-6-5-7-9-21;1-3-17(20)19-13(2)16-11-15(9-10-18(16)22-19)21-12-14-7-5-4-6-8-14/h5-15,18,26,31H,4,16-17,19H2,1-3H3,(H,33,34);4-11,17,20H,3,12H2,1-2H3. The zero-order chi connectivity index (χ0) is 41.9. The monoisotopic (exact) mass is 796 g/mol. The van der Waals surface area contributed by atoms with E-state index in [4.69, 9.17) is 23.4 Å². The maximum absolute atomic E-state index is 12.6. The third kappa shape index (κ3) is 10.7. The molecule has 7 rings (SSSR count). The van der Waals surface area contributed by atoms with Gasteiger partial charge in [-0.05, 0) is 98.5 Å². The van der Waals surface area contributed by atoms with Crippen LogP contribution in [0.4, 0.5) is 5.69 Å². The molecule has 2 atom stereocenters. The number of furan rings is 2. The normalized spacial score (nSPS) is 12.0. The van der Waals surface area contributed by atoms with Gasteiger partial charge in [-0.2, -0.15) is 0 Å². The van der Waals surface area contributed by atoms with Crippen molar-refractivity contribution < 1.29 is 38.1 Å². The van der Waals surface area contributed by atoms with Crippen LogP contribution in [0.2, 0.25) is 0 Å². The van der Waals surface area contributed by atoms with Gasteiger partial charge in [0.15, 0.2) is 0 Å². The number of ether oxygens (including phenoxy) is 2. The summed E-state index contributed by atoms with van der Waals surface area (Å²) in [6, 6.07) is 38.9. The number of fused-ring (bicyclic) bond motifs is 2. The largest absolute Gasteiger partial charge is 0.489 e. The van der Waals surface area contributed by atoms with E-state index in [0.717, 1.165) is 73.6 Å². The Morgan fingerprint density at radius 1 is 0.695 bits per heavy atom. The van der Waals surface area contributed by atoms with E-state index in [0.29, 0.717) is 31.0 Å². The highest BCUT2D eigenvalue weighted by Gasteiger charge is 2.21. The van der Waals surface area contributed by atoms with Gasteiger partial charge in [-0.15, -0.1) is 0 Å². The summed E-state index contributed by atoms with van der Waals surface area (Å²) in [4.78, 5) is 24.7. The SMILES string of the molecule is CCC(Nc1ccc(C(=O)N(C)CCC(=O)O)cc1)c1oc2ccc(OCc3ccccc3)cc2c1C.CCC(O)c1oc2ccc(OCc3ccccc3)cc2c1C. The number of nitrogens with zero attached hydrogens (tertiary/aromatic N) is 1. The summed E-state index contributed by atoms with van der Waals surface area (Å²) in [6.07, 6.45) is 0.799. The summed E-state index contributed by atoms with van der Waals surface area (Å²) < 4.78 is 23.9. The molecule has 306 valence electrons. The Hall–Kier alpha value is -6.52. The lowest BCUT2D eigenvalue weighted by Gasteiger charge is -2.19. The van der Waals surface area contributed by atoms with E-state index in [1.54, 1.807) is 19.2 Å². The lowest BCUT2D eigenvalue weighted by molar-refractivity contribution is -0.137. The van der Waals surface area contributed by atoms with Crippen molar-refractivity contribution in [2.45, 2.75) is 72.3 Å². The molecule has 2 unspecified atom stereocenters. The second-order valence-corrected chi connectivity index (χ2v) is 14.5. The number of carbonyl (C=O) groups is 2. The van der Waals surface area contributed by atoms with E-state index in [1.165, 1.54) is 4.90 Å². The Morgan fingerprint density at radius 3 is 1.69 bits per heavy atom. The first kappa shape index (κ1) is 42.1. The Morgan fingerprint density at radius 2 is 1.20 bits per heavy atom. The fraction of sp³-hybridized carbons (Fsp3) is 0.265. The van der Waals surface area contributed by atoms with Gasteiger partial charge < -0.3 is 38.7 Å². The molecule has 5 aromatic carbocycles. The number of aliphatic hydroxyl groups excluding tert-OH is 1. The molecular weight excluding hydrogens is 745 g/mol. The molecule has 0 radical (unpaired) electrons. The van der Waals surface area contributed by atoms with Crippen molar-refractivity contribution in [2.75, 3.05) is 18.9 Å². The number of aliphatic carboxylic acids is 1. The third-order valence-corrected chi connectivity index (χ3v) is 10.3. The Balaban J connectivity index is 0.000000226. The number of hydrogen-bond donors (Lipinski definition) is 3. The highest BCUT2D eigenvalue weighted by Crippen LogP contribution is 2.36. The number of carboxylic acids is 1. The number of anilines is 1. The first-order valence-corrected chi connectivity index (χ1v) is 20.0. The summed E-state index contributed by atoms with van der Waals surface area (Å²) in [7, 11) is 1.60. The molecule has 10 heteroatoms. The van der Waals surface area contributed by atoms with Gasteiger partial charge >= 0.3 is 5.97 Å². The molecule has 0 spiro atoms. The van der Waals surface area contributed by atoms with Crippen molar-refractivity contribution >= 4 is 39.5 Å². The van der Waals surface area contributed by atoms with E-state index in [9.17, 15) is 14.7 Å². The van der Waals surface area contributed by atoms with Crippen LogP contribution in [0.3, 0.4) is 0 Å². The number of nitrogens with one attached hydrogen (secondary N) is 1. The number of hydrogen-bond acceptors (Lipinski definition) is 8. The number of aliphatic hydroxyl groups is 1. The van der Waals surface area contributed by atoms with Gasteiger partial charge in [0.1, 0.15) is 53.5 Å². The molecule has 0 aliphatic heterocycles. The highest BCUT2D eigenvalue weighted by atomic mass is 16.5. The van der Waals surface area contributed by atoms with E-state index in [1.807, 2.05) is 123 Å². The predicted octanol–water partition coefficient (Wildman–Crippen LogP) is 11.2. The Bertz CT molecular complexity index is 2460. The maximum atomic E-state index is 12.6. The maximum Gasteiger partial charge on any atom is 0.305 e. The molecule has 0 saturated carbocycles. The van der Waals surface area contributed by atoms with Crippen molar-refractivity contribution in [3.8, 4) is 11.5 Å². The molecule has 0 bridgehead atoms. The minimum atomic E-state index is -0.929. The second-order valence-electron chi connectivity index (χ2n) is 14.5. The van der Waals surface area contributed by atoms with E-state index in [-0.39, 0.29) is 24.9 Å². The van der Waals surface area contributed by atoms with Gasteiger partial charge in [0.05, 0.1) is 12.5 Å². The van der Waals surface area contributed by atoms with Gasteiger partial charge in [-0.1, -0.05) is 74.5 Å². The number of amides is 1. The van der Waals surface area contributed by atoms with Crippen molar-refractivity contribution in [1.29, 1.82) is 0 Å². The molecule has 2 heterocycles. The first-order chi connectivity index (χ1) is 28.5. The Labute approximate surface area is 345 Å². The van der Waals surface area contributed by atoms with E-state index >= 15 is 0 Å². The number of carbonyl (C=O) groups excluding carboxylic acids is 1. The molecule has 2 aromatic heterocycles. The van der Waals surface area contributed by atoms with Gasteiger partial charge in [-0.3, -0.25) is 9.59 Å². The minimum absolute atomic E-state index is 0.0547. The number of carboxylic acid groups (broad SMARTS) is 1. The molecule has 1 amide bonds. The third-order valence-electron chi connectivity index (χ3n) is 10.3. The van der Waals surface area contributed by atoms with E-state index < -0.39 is 12.1 Å². The van der Waals surface area contributed by atoms with Gasteiger partial charge in [0.25, 0.3) is 5.91 Å². The molecule has 59 heavy (non-hydrogen) atoms. The zero-order valence-electron chi connectivity index (χ0n) is 34.2. The molecule has 0 aliphatic carbocycles. The Kier molecular flexibility index (Phi) is 14.1. The fourth-order valence-electron chi connectivity index (χ4n) is 6.78. The van der Waals surface area contributed by atoms with Crippen LogP contribution in [0, 0.1) is 13.8 Å². The average Bonchev–Trinajstić information content (AvgIpc) is 3.78. The lowest BCUT2D eigenvalue weighted by atomic mass is 10.0. The topological polar surface area (TPSA) is 135 Å². The summed E-state index contributed by atoms with van der Waals surface area (Å²) in [5.74, 6) is 1.98. The van der Waals surface area contributed by atoms with Crippen LogP contribution in [0.5, 0.6) is 11.5 Å². The van der Waals surface area contributed by atoms with Crippen LogP contribution in [0.1, 0.15) is 89.4 Å². The molecular formula is C49H52N2O8. The van der Waals surface area contributed by atoms with Crippen LogP contribution in [0.15, 0.2) is 130 Å². The van der Waals surface area contributed by atoms with Gasteiger partial charge in [0, 0.05) is 46.7 Å². The van der Waals surface area contributed by atoms with Crippen LogP contribution in [-0.2, 0) is 18.0 Å². The minimum Gasteiger partial charge on any atom is -0.489 e. The van der Waals surface area contributed by atoms with Gasteiger partial charge in [-0.25, -0.2) is 0 Å². The summed E-state index contributed by atoms with van der Waals surface area (Å²) in [5, 5.41) is 24.4. The average molecular weight is 797 g/mol. The summed E-state index contributed by atoms with van der Waals surface area (Å²) >= 11 is 0. The van der Waals surface area contributed by atoms with Crippen LogP contribution < -0.4 is 14.8 Å². The highest BCUT2D eigenvalue weighted by molar-refractivity contribution is 5.94. The van der Waals surface area contributed by atoms with Crippen molar-refractivity contribution in [3.05, 3.63) is 161 Å². The second kappa shape index (κ2) is 19.8. The van der Waals surface area contributed by atoms with Crippen LogP contribution in [0.25, 0.3) is 21.9 Å². The summed E-state index contributed by atoms with van der Waals surface area (Å²) in [5.41, 5.74) is 7.26. The van der Waals surface area contributed by atoms with Crippen molar-refractivity contribution in [3.63, 3.8) is 0 Å². The number of benzene rings is 5. The molecule has 0 saturated heterocycles. The van der Waals surface area contributed by atoms with Crippen molar-refractivity contribution in [1.82, 2.24) is 4.90 Å². The first-order valence-electron chi connectivity index (χ1n) is 20.0. The van der Waals surface area contributed by atoms with E-state index in [2.05, 4.69) is 19.2 Å². The fourth-order valence-corrected chi connectivity index (χ4v) is 6.78. The predicted molar refractivity (Wildman–Crippen MR) is 231 cm³/mol. The lowest BCUT2D eigenvalue weighted by Crippen LogP contribution is -2.29. The quantitative estimate of drug-likeness (QED) is 0.0873.